The van der Waals surface area contributed by atoms with Crippen LogP contribution in [0.25, 0.3) is 0 Å². The SMILES string of the molecule is COc1ccc(N(CC(=O)N2CCC(c3ccccc3)=N2)S(=O)(=O)c2ccccc2)cc1. The van der Waals surface area contributed by atoms with Gasteiger partial charge in [-0.2, -0.15) is 5.10 Å². The second-order valence-corrected chi connectivity index (χ2v) is 9.06. The van der Waals surface area contributed by atoms with Crippen LogP contribution in [0.3, 0.4) is 0 Å². The van der Waals surface area contributed by atoms with Crippen LogP contribution in [0, 0.1) is 0 Å². The molecule has 7 nitrogen and oxygen atoms in total. The van der Waals surface area contributed by atoms with E-state index in [9.17, 15) is 13.2 Å². The number of hydrogen-bond acceptors (Lipinski definition) is 5. The lowest BCUT2D eigenvalue weighted by Gasteiger charge is -2.25. The first-order valence-electron chi connectivity index (χ1n) is 10.1. The Kier molecular flexibility index (Phi) is 6.23. The number of anilines is 1. The van der Waals surface area contributed by atoms with E-state index in [2.05, 4.69) is 5.10 Å². The Balaban J connectivity index is 1.63. The molecule has 0 bridgehead atoms. The lowest BCUT2D eigenvalue weighted by molar-refractivity contribution is -0.129. The summed E-state index contributed by atoms with van der Waals surface area (Å²) in [6.45, 7) is 0.0417. The van der Waals surface area contributed by atoms with Gasteiger partial charge in [-0.15, -0.1) is 0 Å². The molecule has 164 valence electrons. The van der Waals surface area contributed by atoms with E-state index < -0.39 is 15.9 Å². The van der Waals surface area contributed by atoms with Gasteiger partial charge in [0.05, 0.1) is 29.9 Å². The van der Waals surface area contributed by atoms with Crippen LogP contribution in [0.2, 0.25) is 0 Å². The molecule has 3 aromatic carbocycles. The van der Waals surface area contributed by atoms with Crippen molar-refractivity contribution in [2.45, 2.75) is 11.3 Å². The van der Waals surface area contributed by atoms with Crippen molar-refractivity contribution in [1.82, 2.24) is 5.01 Å². The van der Waals surface area contributed by atoms with Crippen molar-refractivity contribution < 1.29 is 17.9 Å². The highest BCUT2D eigenvalue weighted by molar-refractivity contribution is 7.92. The average Bonchev–Trinajstić information content (AvgIpc) is 3.34. The highest BCUT2D eigenvalue weighted by Crippen LogP contribution is 2.26. The van der Waals surface area contributed by atoms with E-state index in [1.165, 1.54) is 24.3 Å². The summed E-state index contributed by atoms with van der Waals surface area (Å²) in [4.78, 5) is 13.2. The molecule has 0 spiro atoms. The summed E-state index contributed by atoms with van der Waals surface area (Å²) in [5.74, 6) is 0.194. The third-order valence-electron chi connectivity index (χ3n) is 5.17. The van der Waals surface area contributed by atoms with Crippen molar-refractivity contribution in [3.8, 4) is 5.75 Å². The van der Waals surface area contributed by atoms with E-state index in [4.69, 9.17) is 4.74 Å². The second-order valence-electron chi connectivity index (χ2n) is 7.20. The van der Waals surface area contributed by atoms with Crippen molar-refractivity contribution in [2.24, 2.45) is 5.10 Å². The first-order chi connectivity index (χ1) is 15.5. The first-order valence-corrected chi connectivity index (χ1v) is 11.6. The van der Waals surface area contributed by atoms with Gasteiger partial charge >= 0.3 is 0 Å². The molecule has 1 amide bonds. The maximum atomic E-state index is 13.4. The Labute approximate surface area is 187 Å². The van der Waals surface area contributed by atoms with Gasteiger partial charge in [-0.25, -0.2) is 13.4 Å². The fourth-order valence-electron chi connectivity index (χ4n) is 3.46. The molecule has 0 N–H and O–H groups in total. The predicted molar refractivity (Wildman–Crippen MR) is 123 cm³/mol. The molecule has 32 heavy (non-hydrogen) atoms. The summed E-state index contributed by atoms with van der Waals surface area (Å²) in [6.07, 6.45) is 0.615. The van der Waals surface area contributed by atoms with Gasteiger partial charge in [-0.3, -0.25) is 9.10 Å². The number of rotatable bonds is 7. The highest BCUT2D eigenvalue weighted by Gasteiger charge is 2.30. The van der Waals surface area contributed by atoms with Gasteiger partial charge in [0.15, 0.2) is 0 Å². The van der Waals surface area contributed by atoms with Crippen LogP contribution in [0.4, 0.5) is 5.69 Å². The zero-order valence-corrected chi connectivity index (χ0v) is 18.4. The molecule has 0 aromatic heterocycles. The molecule has 0 unspecified atom stereocenters. The fraction of sp³-hybridized carbons (Fsp3) is 0.167. The van der Waals surface area contributed by atoms with Gasteiger partial charge in [0.25, 0.3) is 15.9 Å². The molecule has 3 aromatic rings. The molecule has 0 aliphatic carbocycles. The van der Waals surface area contributed by atoms with E-state index in [-0.39, 0.29) is 11.4 Å². The summed E-state index contributed by atoms with van der Waals surface area (Å²) < 4.78 is 33.1. The molecule has 0 fully saturated rings. The highest BCUT2D eigenvalue weighted by atomic mass is 32.2. The van der Waals surface area contributed by atoms with Crippen LogP contribution in [0.15, 0.2) is 94.9 Å². The first kappa shape index (κ1) is 21.6. The molecule has 8 heteroatoms. The quantitative estimate of drug-likeness (QED) is 0.553. The van der Waals surface area contributed by atoms with Gasteiger partial charge in [0.1, 0.15) is 12.3 Å². The van der Waals surface area contributed by atoms with Crippen molar-refractivity contribution in [2.75, 3.05) is 24.5 Å². The van der Waals surface area contributed by atoms with Crippen LogP contribution in [0.1, 0.15) is 12.0 Å². The summed E-state index contributed by atoms with van der Waals surface area (Å²) in [6, 6.07) is 24.3. The summed E-state index contributed by atoms with van der Waals surface area (Å²) in [7, 11) is -2.43. The average molecular weight is 450 g/mol. The standard InChI is InChI=1S/C24H23N3O4S/c1-31-21-14-12-20(13-15-21)27(32(29,30)22-10-6-3-7-11-22)18-24(28)26-17-16-23(25-26)19-8-4-2-5-9-19/h2-15H,16-18H2,1H3. The Morgan fingerprint density at radius 3 is 2.22 bits per heavy atom. The molecule has 0 saturated carbocycles. The van der Waals surface area contributed by atoms with Gasteiger partial charge in [0, 0.05) is 6.42 Å². The molecule has 4 rings (SSSR count). The summed E-state index contributed by atoms with van der Waals surface area (Å²) in [5.41, 5.74) is 2.13. The number of sulfonamides is 1. The number of nitrogens with zero attached hydrogens (tertiary/aromatic N) is 3. The Morgan fingerprint density at radius 2 is 1.59 bits per heavy atom. The van der Waals surface area contributed by atoms with Gasteiger partial charge < -0.3 is 4.74 Å². The zero-order chi connectivity index (χ0) is 22.6. The molecule has 1 aliphatic heterocycles. The monoisotopic (exact) mass is 449 g/mol. The van der Waals surface area contributed by atoms with E-state index in [0.717, 1.165) is 15.6 Å². The minimum Gasteiger partial charge on any atom is -0.497 e. The molecular formula is C24H23N3O4S. The topological polar surface area (TPSA) is 79.3 Å². The van der Waals surface area contributed by atoms with Gasteiger partial charge in [0.2, 0.25) is 0 Å². The third-order valence-corrected chi connectivity index (χ3v) is 6.96. The number of carbonyl (C=O) groups is 1. The lowest BCUT2D eigenvalue weighted by Crippen LogP contribution is -2.40. The minimum atomic E-state index is -3.97. The molecule has 1 heterocycles. The molecule has 1 aliphatic rings. The lowest BCUT2D eigenvalue weighted by atomic mass is 10.1. The normalized spacial score (nSPS) is 13.5. The Morgan fingerprint density at radius 1 is 0.969 bits per heavy atom. The van der Waals surface area contributed by atoms with Crippen molar-refractivity contribution in [1.29, 1.82) is 0 Å². The zero-order valence-electron chi connectivity index (χ0n) is 17.6. The van der Waals surface area contributed by atoms with Crippen LogP contribution >= 0.6 is 0 Å². The number of amides is 1. The van der Waals surface area contributed by atoms with Gasteiger partial charge in [-0.05, 0) is 42.0 Å². The molecule has 0 radical (unpaired) electrons. The maximum Gasteiger partial charge on any atom is 0.264 e. The van der Waals surface area contributed by atoms with E-state index >= 15 is 0 Å². The largest absolute Gasteiger partial charge is 0.497 e. The van der Waals surface area contributed by atoms with Crippen molar-refractivity contribution in [3.05, 3.63) is 90.5 Å². The molecule has 0 atom stereocenters. The third kappa shape index (κ3) is 4.50. The van der Waals surface area contributed by atoms with Crippen LogP contribution < -0.4 is 9.04 Å². The molecule has 0 saturated heterocycles. The van der Waals surface area contributed by atoms with Crippen LogP contribution in [-0.2, 0) is 14.8 Å². The van der Waals surface area contributed by atoms with Crippen LogP contribution in [0.5, 0.6) is 5.75 Å². The Bertz CT molecular complexity index is 1210. The van der Waals surface area contributed by atoms with E-state index in [1.807, 2.05) is 30.3 Å². The van der Waals surface area contributed by atoms with E-state index in [0.29, 0.717) is 24.4 Å². The number of hydrazone groups is 1. The van der Waals surface area contributed by atoms with E-state index in [1.54, 1.807) is 42.5 Å². The smallest absolute Gasteiger partial charge is 0.264 e. The maximum absolute atomic E-state index is 13.4. The second kappa shape index (κ2) is 9.23. The number of hydrogen-bond donors (Lipinski definition) is 0. The van der Waals surface area contributed by atoms with Crippen LogP contribution in [-0.4, -0.2) is 45.2 Å². The minimum absolute atomic E-state index is 0.110. The van der Waals surface area contributed by atoms with Gasteiger partial charge in [-0.1, -0.05) is 48.5 Å². The summed E-state index contributed by atoms with van der Waals surface area (Å²) >= 11 is 0. The molecular weight excluding hydrogens is 426 g/mol. The number of ether oxygens (including phenoxy) is 1. The van der Waals surface area contributed by atoms with Crippen molar-refractivity contribution >= 4 is 27.3 Å². The number of carbonyl (C=O) groups excluding carboxylic acids is 1. The number of methoxy groups -OCH3 is 1. The Hall–Kier alpha value is -3.65. The predicted octanol–water partition coefficient (Wildman–Crippen LogP) is 3.53. The summed E-state index contributed by atoms with van der Waals surface area (Å²) in [5, 5.41) is 5.79. The fourth-order valence-corrected chi connectivity index (χ4v) is 4.89. The van der Waals surface area contributed by atoms with Crippen molar-refractivity contribution in [3.63, 3.8) is 0 Å². The number of benzene rings is 3.